The SMILES string of the molecule is CCN1CC(C(=O)N2CCCCC2c2nc(C)cs2)CC1=O. The van der Waals surface area contributed by atoms with E-state index in [1.165, 1.54) is 0 Å². The molecule has 0 spiro atoms. The van der Waals surface area contributed by atoms with E-state index in [0.717, 1.165) is 36.5 Å². The van der Waals surface area contributed by atoms with E-state index in [4.69, 9.17) is 0 Å². The Hall–Kier alpha value is -1.43. The summed E-state index contributed by atoms with van der Waals surface area (Å²) >= 11 is 1.64. The molecule has 1 aromatic heterocycles. The van der Waals surface area contributed by atoms with Gasteiger partial charge < -0.3 is 9.80 Å². The molecule has 2 atom stereocenters. The van der Waals surface area contributed by atoms with Gasteiger partial charge in [0.25, 0.3) is 0 Å². The molecule has 6 heteroatoms. The van der Waals surface area contributed by atoms with Gasteiger partial charge in [0, 0.05) is 37.1 Å². The van der Waals surface area contributed by atoms with Crippen molar-refractivity contribution in [3.8, 4) is 0 Å². The molecular formula is C16H23N3O2S. The lowest BCUT2D eigenvalue weighted by atomic mass is 9.99. The van der Waals surface area contributed by atoms with Crippen LogP contribution in [0.15, 0.2) is 5.38 Å². The number of piperidine rings is 1. The van der Waals surface area contributed by atoms with Crippen LogP contribution in [0, 0.1) is 12.8 Å². The Labute approximate surface area is 135 Å². The highest BCUT2D eigenvalue weighted by Crippen LogP contribution is 2.35. The summed E-state index contributed by atoms with van der Waals surface area (Å²) in [6.07, 6.45) is 3.53. The highest BCUT2D eigenvalue weighted by atomic mass is 32.1. The van der Waals surface area contributed by atoms with E-state index in [0.29, 0.717) is 19.5 Å². The molecule has 2 aliphatic rings. The second-order valence-electron chi connectivity index (χ2n) is 6.20. The number of aromatic nitrogens is 1. The van der Waals surface area contributed by atoms with Gasteiger partial charge in [-0.2, -0.15) is 0 Å². The number of amides is 2. The molecule has 3 rings (SSSR count). The molecule has 0 aromatic carbocycles. The van der Waals surface area contributed by atoms with Crippen LogP contribution in [0.25, 0.3) is 0 Å². The number of hydrogen-bond donors (Lipinski definition) is 0. The molecule has 3 heterocycles. The van der Waals surface area contributed by atoms with Crippen molar-refractivity contribution in [2.24, 2.45) is 5.92 Å². The Bertz CT molecular complexity index is 571. The van der Waals surface area contributed by atoms with Gasteiger partial charge in [0.05, 0.1) is 12.0 Å². The maximum Gasteiger partial charge on any atom is 0.228 e. The van der Waals surface area contributed by atoms with Crippen molar-refractivity contribution in [3.63, 3.8) is 0 Å². The molecule has 5 nitrogen and oxygen atoms in total. The van der Waals surface area contributed by atoms with E-state index in [-0.39, 0.29) is 23.8 Å². The number of aryl methyl sites for hydroxylation is 1. The molecule has 2 fully saturated rings. The highest BCUT2D eigenvalue weighted by molar-refractivity contribution is 7.09. The molecule has 0 N–H and O–H groups in total. The Balaban J connectivity index is 1.76. The highest BCUT2D eigenvalue weighted by Gasteiger charge is 2.39. The van der Waals surface area contributed by atoms with E-state index in [1.54, 1.807) is 16.2 Å². The van der Waals surface area contributed by atoms with Crippen molar-refractivity contribution in [1.29, 1.82) is 0 Å². The molecule has 0 bridgehead atoms. The molecule has 0 aliphatic carbocycles. The summed E-state index contributed by atoms with van der Waals surface area (Å²) < 4.78 is 0. The fourth-order valence-corrected chi connectivity index (χ4v) is 4.40. The smallest absolute Gasteiger partial charge is 0.228 e. The summed E-state index contributed by atoms with van der Waals surface area (Å²) in [5.41, 5.74) is 1.02. The first-order valence-corrected chi connectivity index (χ1v) is 8.98. The first-order valence-electron chi connectivity index (χ1n) is 8.10. The van der Waals surface area contributed by atoms with Gasteiger partial charge in [0.1, 0.15) is 5.01 Å². The van der Waals surface area contributed by atoms with Crippen molar-refractivity contribution < 1.29 is 9.59 Å². The molecule has 1 aromatic rings. The summed E-state index contributed by atoms with van der Waals surface area (Å²) in [6, 6.07) is 0.103. The summed E-state index contributed by atoms with van der Waals surface area (Å²) in [6.45, 7) is 6.02. The molecular weight excluding hydrogens is 298 g/mol. The maximum atomic E-state index is 12.9. The van der Waals surface area contributed by atoms with Gasteiger partial charge in [-0.15, -0.1) is 11.3 Å². The Morgan fingerprint density at radius 1 is 1.45 bits per heavy atom. The minimum atomic E-state index is -0.172. The number of hydrogen-bond acceptors (Lipinski definition) is 4. The Morgan fingerprint density at radius 3 is 2.91 bits per heavy atom. The maximum absolute atomic E-state index is 12.9. The topological polar surface area (TPSA) is 53.5 Å². The lowest BCUT2D eigenvalue weighted by molar-refractivity contribution is -0.139. The molecule has 2 amide bonds. The molecule has 120 valence electrons. The molecule has 2 saturated heterocycles. The van der Waals surface area contributed by atoms with E-state index in [9.17, 15) is 9.59 Å². The predicted molar refractivity (Wildman–Crippen MR) is 85.5 cm³/mol. The number of likely N-dealkylation sites (tertiary alicyclic amines) is 2. The predicted octanol–water partition coefficient (Wildman–Crippen LogP) is 2.37. The van der Waals surface area contributed by atoms with Gasteiger partial charge in [-0.05, 0) is 33.1 Å². The molecule has 0 radical (unpaired) electrons. The number of rotatable bonds is 3. The zero-order valence-corrected chi connectivity index (χ0v) is 14.1. The summed E-state index contributed by atoms with van der Waals surface area (Å²) in [7, 11) is 0. The van der Waals surface area contributed by atoms with Crippen LogP contribution in [0.3, 0.4) is 0 Å². The first kappa shape index (κ1) is 15.5. The third-order valence-corrected chi connectivity index (χ3v) is 5.72. The summed E-state index contributed by atoms with van der Waals surface area (Å²) in [4.78, 5) is 33.2. The molecule has 0 saturated carbocycles. The van der Waals surface area contributed by atoms with Crippen LogP contribution in [0.4, 0.5) is 0 Å². The Morgan fingerprint density at radius 2 is 2.27 bits per heavy atom. The lowest BCUT2D eigenvalue weighted by Gasteiger charge is -2.36. The monoisotopic (exact) mass is 321 g/mol. The van der Waals surface area contributed by atoms with Crippen LogP contribution in [-0.4, -0.2) is 46.2 Å². The fraction of sp³-hybridized carbons (Fsp3) is 0.688. The van der Waals surface area contributed by atoms with Crippen molar-refractivity contribution in [3.05, 3.63) is 16.1 Å². The van der Waals surface area contributed by atoms with Crippen LogP contribution < -0.4 is 0 Å². The fourth-order valence-electron chi connectivity index (χ4n) is 3.45. The number of carbonyl (C=O) groups is 2. The number of carbonyl (C=O) groups excluding carboxylic acids is 2. The van der Waals surface area contributed by atoms with E-state index in [2.05, 4.69) is 4.98 Å². The van der Waals surface area contributed by atoms with Gasteiger partial charge in [0.15, 0.2) is 0 Å². The van der Waals surface area contributed by atoms with Crippen molar-refractivity contribution >= 4 is 23.2 Å². The largest absolute Gasteiger partial charge is 0.342 e. The average molecular weight is 321 g/mol. The third-order valence-electron chi connectivity index (χ3n) is 4.65. The van der Waals surface area contributed by atoms with Gasteiger partial charge >= 0.3 is 0 Å². The molecule has 2 unspecified atom stereocenters. The normalized spacial score (nSPS) is 25.8. The van der Waals surface area contributed by atoms with Gasteiger partial charge in [-0.3, -0.25) is 9.59 Å². The van der Waals surface area contributed by atoms with Crippen LogP contribution in [0.5, 0.6) is 0 Å². The zero-order valence-electron chi connectivity index (χ0n) is 13.2. The van der Waals surface area contributed by atoms with Crippen molar-refractivity contribution in [1.82, 2.24) is 14.8 Å². The summed E-state index contributed by atoms with van der Waals surface area (Å²) in [5.74, 6) is 0.0791. The standard InChI is InChI=1S/C16H23N3O2S/c1-3-18-9-12(8-14(18)20)16(21)19-7-5-4-6-13(19)15-17-11(2)10-22-15/h10,12-13H,3-9H2,1-2H3. The average Bonchev–Trinajstić information content (AvgIpc) is 3.12. The second-order valence-corrected chi connectivity index (χ2v) is 7.09. The van der Waals surface area contributed by atoms with E-state index >= 15 is 0 Å². The first-order chi connectivity index (χ1) is 10.6. The van der Waals surface area contributed by atoms with Crippen LogP contribution in [-0.2, 0) is 9.59 Å². The quantitative estimate of drug-likeness (QED) is 0.859. The summed E-state index contributed by atoms with van der Waals surface area (Å²) in [5, 5.41) is 3.09. The second kappa shape index (κ2) is 6.36. The van der Waals surface area contributed by atoms with Gasteiger partial charge in [-0.25, -0.2) is 4.98 Å². The zero-order chi connectivity index (χ0) is 15.7. The third kappa shape index (κ3) is 2.89. The minimum Gasteiger partial charge on any atom is -0.342 e. The van der Waals surface area contributed by atoms with Crippen LogP contribution in [0.2, 0.25) is 0 Å². The molecule has 22 heavy (non-hydrogen) atoms. The lowest BCUT2D eigenvalue weighted by Crippen LogP contribution is -2.42. The van der Waals surface area contributed by atoms with Crippen molar-refractivity contribution in [2.45, 2.75) is 45.6 Å². The number of nitrogens with zero attached hydrogens (tertiary/aromatic N) is 3. The van der Waals surface area contributed by atoms with Crippen LogP contribution >= 0.6 is 11.3 Å². The van der Waals surface area contributed by atoms with Gasteiger partial charge in [-0.1, -0.05) is 0 Å². The van der Waals surface area contributed by atoms with Crippen molar-refractivity contribution in [2.75, 3.05) is 19.6 Å². The van der Waals surface area contributed by atoms with Gasteiger partial charge in [0.2, 0.25) is 11.8 Å². The van der Waals surface area contributed by atoms with Crippen LogP contribution in [0.1, 0.15) is 49.4 Å². The molecule has 2 aliphatic heterocycles. The van der Waals surface area contributed by atoms with E-state index in [1.807, 2.05) is 24.1 Å². The minimum absolute atomic E-state index is 0.103. The Kier molecular flexibility index (Phi) is 4.47. The van der Waals surface area contributed by atoms with E-state index < -0.39 is 0 Å². The number of thiazole rings is 1.